The van der Waals surface area contributed by atoms with Gasteiger partial charge in [-0.05, 0) is 78.1 Å². The summed E-state index contributed by atoms with van der Waals surface area (Å²) in [4.78, 5) is 2.58. The van der Waals surface area contributed by atoms with Gasteiger partial charge in [0.05, 0.1) is 17.1 Å². The molecule has 47 heavy (non-hydrogen) atoms. The Morgan fingerprint density at radius 2 is 1.57 bits per heavy atom. The highest BCUT2D eigenvalue weighted by Gasteiger charge is 2.71. The molecule has 0 amide bonds. The van der Waals surface area contributed by atoms with E-state index in [0.717, 1.165) is 18.3 Å². The van der Waals surface area contributed by atoms with Gasteiger partial charge in [0.2, 0.25) is 0 Å². The fourth-order valence-corrected chi connectivity index (χ4v) is 10.1. The smallest absolute Gasteiger partial charge is 0.115 e. The number of aromatic nitrogens is 1. The van der Waals surface area contributed by atoms with E-state index >= 15 is 0 Å². The summed E-state index contributed by atoms with van der Waals surface area (Å²) in [6.07, 6.45) is 16.6. The number of fused-ring (bicyclic) bond motifs is 8. The van der Waals surface area contributed by atoms with E-state index in [4.69, 9.17) is 7.85 Å². The van der Waals surface area contributed by atoms with Crippen LogP contribution in [0.1, 0.15) is 24.0 Å². The van der Waals surface area contributed by atoms with Crippen molar-refractivity contribution in [2.75, 3.05) is 4.90 Å². The van der Waals surface area contributed by atoms with Crippen LogP contribution < -0.4 is 10.4 Å². The monoisotopic (exact) mass is 616 g/mol. The Balaban J connectivity index is 1.06. The molecule has 4 heteroatoms. The molecule has 0 bridgehead atoms. The topological polar surface area (TPSA) is 8.17 Å². The van der Waals surface area contributed by atoms with Crippen molar-refractivity contribution in [3.63, 3.8) is 0 Å². The highest BCUT2D eigenvalue weighted by atomic mass is 32.1. The number of nitrogens with zero attached hydrogens (tertiary/aromatic N) is 2. The molecule has 2 nitrogen and oxygen atoms in total. The molecule has 3 atom stereocenters. The van der Waals surface area contributed by atoms with Crippen molar-refractivity contribution >= 4 is 89.3 Å². The van der Waals surface area contributed by atoms with Crippen molar-refractivity contribution in [1.29, 1.82) is 0 Å². The predicted molar refractivity (Wildman–Crippen MR) is 201 cm³/mol. The van der Waals surface area contributed by atoms with Crippen molar-refractivity contribution in [3.05, 3.63) is 151 Å². The van der Waals surface area contributed by atoms with Crippen molar-refractivity contribution < 1.29 is 0 Å². The predicted octanol–water partition coefficient (Wildman–Crippen LogP) is 10.2. The standard InChI is InChI=1S/C43H29BN2S/c44-36-24-29(23-33-31-13-5-9-17-40(31)47-41(33)36)46-39-16-8-6-14-34(39)43-25-27(18-20-35(43)42(43)46)26-19-21-38-32(22-26)30-12-4-7-15-37(30)45(38)28-10-2-1-3-11-28/h2,4-25,35,42H,1,3H2. The maximum Gasteiger partial charge on any atom is 0.115 e. The zero-order valence-electron chi connectivity index (χ0n) is 25.7. The van der Waals surface area contributed by atoms with Gasteiger partial charge in [0.15, 0.2) is 0 Å². The average molecular weight is 617 g/mol. The molecule has 7 aromatic rings. The highest BCUT2D eigenvalue weighted by molar-refractivity contribution is 7.26. The lowest BCUT2D eigenvalue weighted by molar-refractivity contribution is 0.831. The van der Waals surface area contributed by atoms with Crippen LogP contribution in [0.25, 0.3) is 53.2 Å². The van der Waals surface area contributed by atoms with Crippen LogP contribution in [0.2, 0.25) is 0 Å². The van der Waals surface area contributed by atoms with E-state index in [9.17, 15) is 0 Å². The summed E-state index contributed by atoms with van der Waals surface area (Å²) < 4.78 is 4.90. The highest BCUT2D eigenvalue weighted by Crippen LogP contribution is 2.70. The molecule has 4 aliphatic rings. The zero-order chi connectivity index (χ0) is 30.9. The fraction of sp³-hybridized carbons (Fsp3) is 0.116. The van der Waals surface area contributed by atoms with Crippen LogP contribution in [-0.2, 0) is 5.41 Å². The van der Waals surface area contributed by atoms with Crippen LogP contribution >= 0.6 is 11.3 Å². The van der Waals surface area contributed by atoms with Crippen molar-refractivity contribution in [2.45, 2.75) is 24.3 Å². The molecule has 3 aliphatic carbocycles. The van der Waals surface area contributed by atoms with Gasteiger partial charge in [-0.3, -0.25) is 0 Å². The maximum absolute atomic E-state index is 6.79. The molecule has 1 aliphatic heterocycles. The number of hydrogen-bond acceptors (Lipinski definition) is 2. The molecule has 5 aromatic carbocycles. The molecule has 1 spiro atoms. The van der Waals surface area contributed by atoms with Gasteiger partial charge in [0.1, 0.15) is 7.85 Å². The maximum atomic E-state index is 6.79. The van der Waals surface area contributed by atoms with E-state index in [1.54, 1.807) is 11.3 Å². The molecule has 3 unspecified atom stereocenters. The van der Waals surface area contributed by atoms with Gasteiger partial charge in [0.25, 0.3) is 0 Å². The minimum atomic E-state index is -0.0538. The Morgan fingerprint density at radius 1 is 0.745 bits per heavy atom. The molecular weight excluding hydrogens is 587 g/mol. The second-order valence-electron chi connectivity index (χ2n) is 13.5. The summed E-state index contributed by atoms with van der Waals surface area (Å²) >= 11 is 1.79. The summed E-state index contributed by atoms with van der Waals surface area (Å²) in [5.74, 6) is 0.424. The van der Waals surface area contributed by atoms with Gasteiger partial charge in [-0.2, -0.15) is 0 Å². The number of anilines is 2. The molecular formula is C43H29BN2S. The van der Waals surface area contributed by atoms with Crippen LogP contribution in [0.4, 0.5) is 11.4 Å². The normalized spacial score (nSPS) is 22.5. The van der Waals surface area contributed by atoms with Crippen molar-refractivity contribution in [2.24, 2.45) is 5.92 Å². The third-order valence-corrected chi connectivity index (χ3v) is 12.3. The minimum absolute atomic E-state index is 0.0538. The summed E-state index contributed by atoms with van der Waals surface area (Å²) in [7, 11) is 6.79. The van der Waals surface area contributed by atoms with Crippen LogP contribution in [0.15, 0.2) is 140 Å². The number of benzene rings is 5. The Labute approximate surface area is 278 Å². The van der Waals surface area contributed by atoms with E-state index in [1.807, 2.05) is 0 Å². The largest absolute Gasteiger partial charge is 0.336 e. The zero-order valence-corrected chi connectivity index (χ0v) is 26.5. The van der Waals surface area contributed by atoms with Crippen LogP contribution in [0, 0.1) is 5.92 Å². The number of hydrogen-bond donors (Lipinski definition) is 0. The molecule has 220 valence electrons. The molecule has 11 rings (SSSR count). The molecule has 0 saturated heterocycles. The summed E-state index contributed by atoms with van der Waals surface area (Å²) in [6.45, 7) is 0. The van der Waals surface area contributed by atoms with Gasteiger partial charge in [-0.1, -0.05) is 96.5 Å². The lowest BCUT2D eigenvalue weighted by atomic mass is 9.85. The first kappa shape index (κ1) is 26.1. The summed E-state index contributed by atoms with van der Waals surface area (Å²) in [5.41, 5.74) is 11.1. The lowest BCUT2D eigenvalue weighted by Gasteiger charge is -2.25. The van der Waals surface area contributed by atoms with E-state index in [0.29, 0.717) is 12.0 Å². The third-order valence-electron chi connectivity index (χ3n) is 11.1. The average Bonchev–Trinajstić information content (AvgIpc) is 3.34. The van der Waals surface area contributed by atoms with Crippen molar-refractivity contribution in [3.8, 4) is 0 Å². The SMILES string of the molecule is [B]c1cc(N2c3ccccc3C34C=C(c5ccc6c(c5)c5ccccc5n6C5=CCCC=C5)C=CC3C24)cc2c1sc1ccccc12. The first-order chi connectivity index (χ1) is 23.2. The molecule has 2 radical (unpaired) electrons. The van der Waals surface area contributed by atoms with Gasteiger partial charge in [0, 0.05) is 59.3 Å². The Kier molecular flexibility index (Phi) is 5.14. The molecule has 1 fully saturated rings. The summed E-state index contributed by atoms with van der Waals surface area (Å²) in [5, 5.41) is 5.14. The van der Waals surface area contributed by atoms with Crippen LogP contribution in [-0.4, -0.2) is 18.5 Å². The first-order valence-corrected chi connectivity index (χ1v) is 17.4. The van der Waals surface area contributed by atoms with Crippen molar-refractivity contribution in [1.82, 2.24) is 4.57 Å². The van der Waals surface area contributed by atoms with Gasteiger partial charge in [-0.15, -0.1) is 11.3 Å². The first-order valence-electron chi connectivity index (χ1n) is 16.6. The molecule has 0 N–H and O–H groups in total. The second-order valence-corrected chi connectivity index (χ2v) is 14.5. The Morgan fingerprint density at radius 3 is 2.49 bits per heavy atom. The second kappa shape index (κ2) is 9.27. The number of rotatable bonds is 3. The molecule has 3 heterocycles. The van der Waals surface area contributed by atoms with Crippen LogP contribution in [0.3, 0.4) is 0 Å². The van der Waals surface area contributed by atoms with Gasteiger partial charge >= 0.3 is 0 Å². The number of allylic oxidation sites excluding steroid dienone is 6. The number of thiophene rings is 1. The number of para-hydroxylation sites is 2. The van der Waals surface area contributed by atoms with E-state index in [-0.39, 0.29) is 5.41 Å². The van der Waals surface area contributed by atoms with Gasteiger partial charge in [-0.25, -0.2) is 0 Å². The Bertz CT molecular complexity index is 2630. The van der Waals surface area contributed by atoms with E-state index < -0.39 is 0 Å². The Hall–Kier alpha value is -5.06. The van der Waals surface area contributed by atoms with Crippen LogP contribution in [0.5, 0.6) is 0 Å². The van der Waals surface area contributed by atoms with Gasteiger partial charge < -0.3 is 9.47 Å². The van der Waals surface area contributed by atoms with E-state index in [1.165, 1.54) is 75.7 Å². The lowest BCUT2D eigenvalue weighted by Crippen LogP contribution is -2.21. The molecule has 2 aromatic heterocycles. The third kappa shape index (κ3) is 3.41. The minimum Gasteiger partial charge on any atom is -0.336 e. The molecule has 1 saturated carbocycles. The fourth-order valence-electron chi connectivity index (χ4n) is 9.02. The summed E-state index contributed by atoms with van der Waals surface area (Å²) in [6, 6.07) is 38.5. The quantitative estimate of drug-likeness (QED) is 0.179. The van der Waals surface area contributed by atoms with E-state index in [2.05, 4.69) is 149 Å².